The number of esters is 1. The molecule has 0 spiro atoms. The Kier molecular flexibility index (Phi) is 6.81. The summed E-state index contributed by atoms with van der Waals surface area (Å²) in [5.41, 5.74) is 0.441. The number of rotatable bonds is 7. The topological polar surface area (TPSA) is 93.7 Å². The van der Waals surface area contributed by atoms with Crippen LogP contribution in [0.15, 0.2) is 48.5 Å². The predicted molar refractivity (Wildman–Crippen MR) is 91.8 cm³/mol. The van der Waals surface area contributed by atoms with Crippen LogP contribution in [0.1, 0.15) is 20.7 Å². The summed E-state index contributed by atoms with van der Waals surface area (Å²) < 4.78 is 33.8. The number of hydrogen-bond donors (Lipinski definition) is 2. The second-order valence-electron chi connectivity index (χ2n) is 5.16. The van der Waals surface area contributed by atoms with Crippen LogP contribution in [0, 0.1) is 0 Å². The highest BCUT2D eigenvalue weighted by Crippen LogP contribution is 2.21. The molecule has 0 saturated carbocycles. The van der Waals surface area contributed by atoms with Gasteiger partial charge in [0.05, 0.1) is 0 Å². The van der Waals surface area contributed by atoms with Gasteiger partial charge in [-0.15, -0.1) is 0 Å². The molecule has 0 unspecified atom stereocenters. The SMILES string of the molecule is CNC(=O)c1cccc(NC(=O)COC(=O)c2ccccc2OC(F)F)c1. The van der Waals surface area contributed by atoms with Crippen LogP contribution in [0.3, 0.4) is 0 Å². The second kappa shape index (κ2) is 9.27. The van der Waals surface area contributed by atoms with E-state index in [1.165, 1.54) is 37.4 Å². The molecule has 9 heteroatoms. The van der Waals surface area contributed by atoms with E-state index in [1.54, 1.807) is 18.2 Å². The van der Waals surface area contributed by atoms with Gasteiger partial charge in [-0.1, -0.05) is 18.2 Å². The monoisotopic (exact) mass is 378 g/mol. The summed E-state index contributed by atoms with van der Waals surface area (Å²) in [5, 5.41) is 4.92. The largest absolute Gasteiger partial charge is 0.452 e. The lowest BCUT2D eigenvalue weighted by Crippen LogP contribution is -2.22. The fourth-order valence-corrected chi connectivity index (χ4v) is 2.12. The van der Waals surface area contributed by atoms with Gasteiger partial charge in [-0.05, 0) is 30.3 Å². The molecular formula is C18H16F2N2O5. The molecule has 0 heterocycles. The van der Waals surface area contributed by atoms with E-state index in [2.05, 4.69) is 15.4 Å². The molecule has 2 aromatic rings. The van der Waals surface area contributed by atoms with Crippen molar-refractivity contribution in [3.63, 3.8) is 0 Å². The number of ether oxygens (including phenoxy) is 2. The Bertz CT molecular complexity index is 842. The quantitative estimate of drug-likeness (QED) is 0.722. The van der Waals surface area contributed by atoms with E-state index in [9.17, 15) is 23.2 Å². The standard InChI is InChI=1S/C18H16F2N2O5/c1-21-16(24)11-5-4-6-12(9-11)22-15(23)10-26-17(25)13-7-2-3-8-14(13)27-18(19)20/h2-9,18H,10H2,1H3,(H,21,24)(H,22,23). The number of hydrogen-bond acceptors (Lipinski definition) is 5. The van der Waals surface area contributed by atoms with E-state index in [0.717, 1.165) is 0 Å². The molecule has 0 bridgehead atoms. The maximum atomic E-state index is 12.4. The van der Waals surface area contributed by atoms with Crippen LogP contribution in [-0.4, -0.2) is 38.0 Å². The minimum absolute atomic E-state index is 0.229. The zero-order chi connectivity index (χ0) is 19.8. The summed E-state index contributed by atoms with van der Waals surface area (Å²) in [6, 6.07) is 11.4. The molecule has 0 radical (unpaired) electrons. The number of amides is 2. The molecule has 2 rings (SSSR count). The number of alkyl halides is 2. The number of benzene rings is 2. The van der Waals surface area contributed by atoms with Gasteiger partial charge in [-0.2, -0.15) is 8.78 Å². The van der Waals surface area contributed by atoms with Gasteiger partial charge in [0.1, 0.15) is 11.3 Å². The van der Waals surface area contributed by atoms with Crippen molar-refractivity contribution in [3.05, 3.63) is 59.7 Å². The number of nitrogens with one attached hydrogen (secondary N) is 2. The van der Waals surface area contributed by atoms with Crippen molar-refractivity contribution < 1.29 is 32.6 Å². The zero-order valence-corrected chi connectivity index (χ0v) is 14.2. The maximum absolute atomic E-state index is 12.4. The molecule has 0 aliphatic carbocycles. The van der Waals surface area contributed by atoms with Crippen LogP contribution in [0.5, 0.6) is 5.75 Å². The lowest BCUT2D eigenvalue weighted by Gasteiger charge is -2.11. The van der Waals surface area contributed by atoms with Gasteiger partial charge in [0.25, 0.3) is 11.8 Å². The third-order valence-corrected chi connectivity index (χ3v) is 3.29. The van der Waals surface area contributed by atoms with Crippen molar-refractivity contribution in [1.82, 2.24) is 5.32 Å². The normalized spacial score (nSPS) is 10.2. The molecule has 142 valence electrons. The summed E-state index contributed by atoms with van der Waals surface area (Å²) in [6.07, 6.45) is 0. The van der Waals surface area contributed by atoms with Gasteiger partial charge in [0.2, 0.25) is 0 Å². The average molecular weight is 378 g/mol. The Morgan fingerprint density at radius 2 is 1.81 bits per heavy atom. The summed E-state index contributed by atoms with van der Waals surface area (Å²) in [4.78, 5) is 35.5. The molecule has 0 aromatic heterocycles. The van der Waals surface area contributed by atoms with Gasteiger partial charge < -0.3 is 20.1 Å². The summed E-state index contributed by atoms with van der Waals surface area (Å²) in [6.45, 7) is -3.75. The molecule has 27 heavy (non-hydrogen) atoms. The molecule has 7 nitrogen and oxygen atoms in total. The van der Waals surface area contributed by atoms with E-state index in [0.29, 0.717) is 11.3 Å². The first kappa shape index (κ1) is 19.8. The molecule has 0 fully saturated rings. The van der Waals surface area contributed by atoms with Gasteiger partial charge in [0, 0.05) is 18.3 Å². The number of halogens is 2. The van der Waals surface area contributed by atoms with Gasteiger partial charge >= 0.3 is 12.6 Å². The van der Waals surface area contributed by atoms with Crippen molar-refractivity contribution in [2.75, 3.05) is 19.0 Å². The summed E-state index contributed by atoms with van der Waals surface area (Å²) in [5.74, 6) is -2.32. The van der Waals surface area contributed by atoms with E-state index in [-0.39, 0.29) is 17.2 Å². The lowest BCUT2D eigenvalue weighted by molar-refractivity contribution is -0.119. The van der Waals surface area contributed by atoms with Crippen LogP contribution < -0.4 is 15.4 Å². The van der Waals surface area contributed by atoms with Crippen molar-refractivity contribution >= 4 is 23.5 Å². The van der Waals surface area contributed by atoms with Crippen molar-refractivity contribution in [2.45, 2.75) is 6.61 Å². The van der Waals surface area contributed by atoms with Crippen LogP contribution in [0.4, 0.5) is 14.5 Å². The Morgan fingerprint density at radius 1 is 1.07 bits per heavy atom. The molecule has 0 atom stereocenters. The fraction of sp³-hybridized carbons (Fsp3) is 0.167. The van der Waals surface area contributed by atoms with Crippen molar-refractivity contribution in [3.8, 4) is 5.75 Å². The number of para-hydroxylation sites is 1. The number of carbonyl (C=O) groups is 3. The van der Waals surface area contributed by atoms with Crippen LogP contribution in [-0.2, 0) is 9.53 Å². The van der Waals surface area contributed by atoms with Gasteiger partial charge in [-0.25, -0.2) is 4.79 Å². The smallest absolute Gasteiger partial charge is 0.387 e. The third-order valence-electron chi connectivity index (χ3n) is 3.29. The van der Waals surface area contributed by atoms with E-state index < -0.39 is 25.1 Å². The molecule has 2 amide bonds. The Hall–Kier alpha value is -3.49. The minimum Gasteiger partial charge on any atom is -0.452 e. The van der Waals surface area contributed by atoms with Crippen molar-refractivity contribution in [1.29, 1.82) is 0 Å². The van der Waals surface area contributed by atoms with Crippen LogP contribution in [0.2, 0.25) is 0 Å². The number of anilines is 1. The van der Waals surface area contributed by atoms with Crippen LogP contribution in [0.25, 0.3) is 0 Å². The summed E-state index contributed by atoms with van der Waals surface area (Å²) in [7, 11) is 1.47. The Balaban J connectivity index is 1.96. The van der Waals surface area contributed by atoms with E-state index in [1.807, 2.05) is 0 Å². The first-order valence-electron chi connectivity index (χ1n) is 7.73. The highest BCUT2D eigenvalue weighted by Gasteiger charge is 2.17. The van der Waals surface area contributed by atoms with Crippen molar-refractivity contribution in [2.24, 2.45) is 0 Å². The van der Waals surface area contributed by atoms with E-state index in [4.69, 9.17) is 4.74 Å². The highest BCUT2D eigenvalue weighted by atomic mass is 19.3. The molecule has 2 aromatic carbocycles. The molecule has 2 N–H and O–H groups in total. The highest BCUT2D eigenvalue weighted by molar-refractivity contribution is 5.98. The predicted octanol–water partition coefficient (Wildman–Crippen LogP) is 2.44. The van der Waals surface area contributed by atoms with E-state index >= 15 is 0 Å². The summed E-state index contributed by atoms with van der Waals surface area (Å²) >= 11 is 0. The fourth-order valence-electron chi connectivity index (χ4n) is 2.12. The molecular weight excluding hydrogens is 362 g/mol. The molecule has 0 saturated heterocycles. The zero-order valence-electron chi connectivity index (χ0n) is 14.2. The Morgan fingerprint density at radius 3 is 2.52 bits per heavy atom. The second-order valence-corrected chi connectivity index (χ2v) is 5.16. The maximum Gasteiger partial charge on any atom is 0.387 e. The first-order valence-corrected chi connectivity index (χ1v) is 7.73. The lowest BCUT2D eigenvalue weighted by atomic mass is 10.2. The average Bonchev–Trinajstić information content (AvgIpc) is 2.65. The Labute approximate surface area is 153 Å². The van der Waals surface area contributed by atoms with Gasteiger partial charge in [0.15, 0.2) is 6.61 Å². The number of carbonyl (C=O) groups excluding carboxylic acids is 3. The first-order chi connectivity index (χ1) is 12.9. The molecule has 0 aliphatic rings. The van der Waals surface area contributed by atoms with Crippen LogP contribution >= 0.6 is 0 Å². The molecule has 0 aliphatic heterocycles. The minimum atomic E-state index is -3.10. The third kappa shape index (κ3) is 5.77. The van der Waals surface area contributed by atoms with Gasteiger partial charge in [-0.3, -0.25) is 9.59 Å².